The van der Waals surface area contributed by atoms with Gasteiger partial charge in [-0.05, 0) is 62.1 Å². The first-order valence-electron chi connectivity index (χ1n) is 14.4. The monoisotopic (exact) mass is 496 g/mol. The number of aryl methyl sites for hydroxylation is 1. The zero-order chi connectivity index (χ0) is 25.6. The van der Waals surface area contributed by atoms with Gasteiger partial charge in [-0.1, -0.05) is 84.1 Å². The highest BCUT2D eigenvalue weighted by Gasteiger charge is 2.25. The predicted molar refractivity (Wildman–Crippen MR) is 144 cm³/mol. The third kappa shape index (κ3) is 9.29. The summed E-state index contributed by atoms with van der Waals surface area (Å²) in [5, 5.41) is 0. The summed E-state index contributed by atoms with van der Waals surface area (Å²) in [5.74, 6) is 0.0592. The van der Waals surface area contributed by atoms with Gasteiger partial charge in [0, 0.05) is 18.0 Å². The number of esters is 1. The Kier molecular flexibility index (Phi) is 12.4. The van der Waals surface area contributed by atoms with Gasteiger partial charge in [-0.2, -0.15) is 0 Å². The van der Waals surface area contributed by atoms with E-state index in [0.29, 0.717) is 11.4 Å². The van der Waals surface area contributed by atoms with Crippen LogP contribution in [0.25, 0.3) is 11.4 Å². The Labute approximate surface area is 217 Å². The van der Waals surface area contributed by atoms with Gasteiger partial charge in [-0.15, -0.1) is 0 Å². The molecule has 3 rings (SSSR count). The molecule has 4 nitrogen and oxygen atoms in total. The van der Waals surface area contributed by atoms with Gasteiger partial charge >= 0.3 is 5.97 Å². The molecule has 198 valence electrons. The van der Waals surface area contributed by atoms with Gasteiger partial charge in [0.25, 0.3) is 0 Å². The molecule has 0 amide bonds. The normalized spacial score (nSPS) is 17.8. The summed E-state index contributed by atoms with van der Waals surface area (Å²) in [4.78, 5) is 21.5. The largest absolute Gasteiger partial charge is 0.459 e. The molecule has 1 saturated carbocycles. The number of aromatic nitrogens is 2. The molecule has 2 aromatic rings. The predicted octanol–water partition coefficient (Wildman–Crippen LogP) is 8.87. The van der Waals surface area contributed by atoms with Crippen molar-refractivity contribution in [1.82, 2.24) is 9.97 Å². The van der Waals surface area contributed by atoms with Crippen LogP contribution >= 0.6 is 0 Å². The number of carbonyl (C=O) groups excluding carboxylic acids is 1. The number of hydrogen-bond acceptors (Lipinski definition) is 4. The van der Waals surface area contributed by atoms with Crippen molar-refractivity contribution in [3.05, 3.63) is 47.5 Å². The molecular weight excluding hydrogens is 451 g/mol. The van der Waals surface area contributed by atoms with Crippen LogP contribution in [0.5, 0.6) is 0 Å². The molecule has 1 fully saturated rings. The standard InChI is InChI=1S/C31H45FN2O2/c1-3-5-7-8-9-10-12-14-25-22-33-30(34-23-25)26-17-20-28(29(32)21-26)31(35)36-27-18-15-24(16-19-27)13-11-6-4-2/h17,20-24,27H,3-16,18-19H2,1-2H3/t24-,27-. The molecule has 0 unspecified atom stereocenters. The second-order valence-electron chi connectivity index (χ2n) is 10.5. The highest BCUT2D eigenvalue weighted by Crippen LogP contribution is 2.31. The molecule has 0 aliphatic heterocycles. The van der Waals surface area contributed by atoms with Crippen molar-refractivity contribution in [2.75, 3.05) is 0 Å². The van der Waals surface area contributed by atoms with E-state index >= 15 is 0 Å². The summed E-state index contributed by atoms with van der Waals surface area (Å²) in [6.07, 6.45) is 22.5. The maximum atomic E-state index is 14.8. The summed E-state index contributed by atoms with van der Waals surface area (Å²) < 4.78 is 20.5. The third-order valence-electron chi connectivity index (χ3n) is 7.50. The van der Waals surface area contributed by atoms with Crippen molar-refractivity contribution in [2.24, 2.45) is 5.92 Å². The highest BCUT2D eigenvalue weighted by atomic mass is 19.1. The molecule has 1 aliphatic rings. The lowest BCUT2D eigenvalue weighted by molar-refractivity contribution is 0.0156. The molecule has 0 bridgehead atoms. The minimum atomic E-state index is -0.582. The molecular formula is C31H45FN2O2. The van der Waals surface area contributed by atoms with E-state index < -0.39 is 11.8 Å². The number of unbranched alkanes of at least 4 members (excludes halogenated alkanes) is 8. The SMILES string of the molecule is CCCCCCCCCc1cnc(-c2ccc(C(=O)O[C@H]3CC[C@H](CCCCC)CC3)c(F)c2)nc1. The number of rotatable bonds is 15. The molecule has 1 aromatic heterocycles. The van der Waals surface area contributed by atoms with Crippen LogP contribution in [0.1, 0.15) is 126 Å². The number of carbonyl (C=O) groups is 1. The van der Waals surface area contributed by atoms with Crippen LogP contribution in [-0.2, 0) is 11.2 Å². The van der Waals surface area contributed by atoms with Gasteiger partial charge in [-0.3, -0.25) is 0 Å². The zero-order valence-corrected chi connectivity index (χ0v) is 22.4. The van der Waals surface area contributed by atoms with Crippen LogP contribution < -0.4 is 0 Å². The minimum Gasteiger partial charge on any atom is -0.459 e. The van der Waals surface area contributed by atoms with E-state index in [1.165, 1.54) is 76.3 Å². The van der Waals surface area contributed by atoms with Gasteiger partial charge in [0.2, 0.25) is 0 Å². The molecule has 0 saturated heterocycles. The Morgan fingerprint density at radius 2 is 1.53 bits per heavy atom. The van der Waals surface area contributed by atoms with E-state index in [9.17, 15) is 9.18 Å². The van der Waals surface area contributed by atoms with Crippen LogP contribution in [0.2, 0.25) is 0 Å². The van der Waals surface area contributed by atoms with Crippen LogP contribution in [0.4, 0.5) is 4.39 Å². The number of nitrogens with zero attached hydrogens (tertiary/aromatic N) is 2. The van der Waals surface area contributed by atoms with E-state index in [4.69, 9.17) is 4.74 Å². The van der Waals surface area contributed by atoms with Crippen molar-refractivity contribution in [1.29, 1.82) is 0 Å². The Morgan fingerprint density at radius 3 is 2.19 bits per heavy atom. The van der Waals surface area contributed by atoms with Crippen molar-refractivity contribution in [2.45, 2.75) is 123 Å². The molecule has 1 aromatic carbocycles. The summed E-state index contributed by atoms with van der Waals surface area (Å²) in [5.41, 5.74) is 1.66. The van der Waals surface area contributed by atoms with Crippen molar-refractivity contribution < 1.29 is 13.9 Å². The summed E-state index contributed by atoms with van der Waals surface area (Å²) in [6.45, 7) is 4.46. The average molecular weight is 497 g/mol. The molecule has 1 aliphatic carbocycles. The number of halogens is 1. The van der Waals surface area contributed by atoms with Crippen molar-refractivity contribution >= 4 is 5.97 Å². The maximum Gasteiger partial charge on any atom is 0.341 e. The topological polar surface area (TPSA) is 52.1 Å². The lowest BCUT2D eigenvalue weighted by Gasteiger charge is -2.28. The third-order valence-corrected chi connectivity index (χ3v) is 7.50. The van der Waals surface area contributed by atoms with Crippen LogP contribution in [0.15, 0.2) is 30.6 Å². The number of hydrogen-bond donors (Lipinski definition) is 0. The van der Waals surface area contributed by atoms with Gasteiger partial charge in [-0.25, -0.2) is 19.2 Å². The van der Waals surface area contributed by atoms with Crippen molar-refractivity contribution in [3.8, 4) is 11.4 Å². The lowest BCUT2D eigenvalue weighted by atomic mass is 9.84. The molecule has 0 spiro atoms. The summed E-state index contributed by atoms with van der Waals surface area (Å²) >= 11 is 0. The van der Waals surface area contributed by atoms with Crippen LogP contribution in [-0.4, -0.2) is 22.0 Å². The van der Waals surface area contributed by atoms with Gasteiger partial charge in [0.1, 0.15) is 11.9 Å². The first-order valence-corrected chi connectivity index (χ1v) is 14.4. The van der Waals surface area contributed by atoms with Gasteiger partial charge in [0.15, 0.2) is 5.82 Å². The lowest BCUT2D eigenvalue weighted by Crippen LogP contribution is -2.25. The second kappa shape index (κ2) is 15.7. The highest BCUT2D eigenvalue weighted by molar-refractivity contribution is 5.90. The molecule has 0 radical (unpaired) electrons. The first-order chi connectivity index (χ1) is 17.6. The number of benzene rings is 1. The Balaban J connectivity index is 1.45. The fourth-order valence-corrected chi connectivity index (χ4v) is 5.18. The number of ether oxygens (including phenoxy) is 1. The quantitative estimate of drug-likeness (QED) is 0.182. The summed E-state index contributed by atoms with van der Waals surface area (Å²) in [6, 6.07) is 4.54. The molecule has 0 atom stereocenters. The van der Waals surface area contributed by atoms with E-state index in [1.54, 1.807) is 6.07 Å². The van der Waals surface area contributed by atoms with Gasteiger partial charge < -0.3 is 4.74 Å². The average Bonchev–Trinajstić information content (AvgIpc) is 2.89. The Hall–Kier alpha value is -2.30. The smallest absolute Gasteiger partial charge is 0.341 e. The Morgan fingerprint density at radius 1 is 0.889 bits per heavy atom. The van der Waals surface area contributed by atoms with Crippen molar-refractivity contribution in [3.63, 3.8) is 0 Å². The van der Waals surface area contributed by atoms with E-state index in [1.807, 2.05) is 12.4 Å². The maximum absolute atomic E-state index is 14.8. The molecule has 0 N–H and O–H groups in total. The van der Waals surface area contributed by atoms with Crippen LogP contribution in [0, 0.1) is 11.7 Å². The second-order valence-corrected chi connectivity index (χ2v) is 10.5. The Bertz CT molecular complexity index is 907. The summed E-state index contributed by atoms with van der Waals surface area (Å²) in [7, 11) is 0. The fourth-order valence-electron chi connectivity index (χ4n) is 5.18. The first kappa shape index (κ1) is 28.3. The van der Waals surface area contributed by atoms with E-state index in [2.05, 4.69) is 23.8 Å². The fraction of sp³-hybridized carbons (Fsp3) is 0.645. The minimum absolute atomic E-state index is 0.0145. The molecule has 36 heavy (non-hydrogen) atoms. The van der Waals surface area contributed by atoms with E-state index in [0.717, 1.165) is 50.0 Å². The molecule has 5 heteroatoms. The molecule has 1 heterocycles. The van der Waals surface area contributed by atoms with Crippen LogP contribution in [0.3, 0.4) is 0 Å². The van der Waals surface area contributed by atoms with Gasteiger partial charge in [0.05, 0.1) is 5.56 Å². The zero-order valence-electron chi connectivity index (χ0n) is 22.4. The van der Waals surface area contributed by atoms with E-state index in [-0.39, 0.29) is 11.7 Å².